The molecule has 0 bridgehead atoms. The second kappa shape index (κ2) is 40.1. The van der Waals surface area contributed by atoms with Gasteiger partial charge in [0.1, 0.15) is 6.10 Å². The van der Waals surface area contributed by atoms with E-state index in [1.165, 1.54) is 135 Å². The average Bonchev–Trinajstić information content (AvgIpc) is 3.12. The van der Waals surface area contributed by atoms with Crippen molar-refractivity contribution in [1.29, 1.82) is 0 Å². The van der Waals surface area contributed by atoms with Crippen molar-refractivity contribution in [2.75, 3.05) is 6.61 Å². The minimum atomic E-state index is -1.11. The number of hydrogen-bond acceptors (Lipinski definition) is 4. The number of nitrogens with one attached hydrogen (secondary N) is 1. The van der Waals surface area contributed by atoms with Crippen molar-refractivity contribution in [3.05, 3.63) is 48.6 Å². The van der Waals surface area contributed by atoms with Gasteiger partial charge in [-0.2, -0.15) is 0 Å². The van der Waals surface area contributed by atoms with E-state index in [0.717, 1.165) is 51.4 Å². The molecule has 0 rings (SSSR count). The summed E-state index contributed by atoms with van der Waals surface area (Å²) in [5, 5.41) is 33.0. The molecule has 0 fully saturated rings. The molecule has 50 heavy (non-hydrogen) atoms. The van der Waals surface area contributed by atoms with Crippen molar-refractivity contribution < 1.29 is 20.1 Å². The number of hydrogen-bond donors (Lipinski definition) is 4. The quantitative estimate of drug-likeness (QED) is 0.0381. The first kappa shape index (κ1) is 48.3. The van der Waals surface area contributed by atoms with E-state index >= 15 is 0 Å². The summed E-state index contributed by atoms with van der Waals surface area (Å²) < 4.78 is 0. The van der Waals surface area contributed by atoms with Gasteiger partial charge >= 0.3 is 0 Å². The Kier molecular flexibility index (Phi) is 38.7. The molecule has 0 saturated heterocycles. The number of amides is 1. The Balaban J connectivity index is 3.77. The SMILES string of the molecule is CCCCCC/C=C\CCCCCCCCC(O)C(=O)NC(CO)C(O)/C=C/CC/C=C/CC/C=C/CCCCCCCCCCCCCC. The second-order valence-corrected chi connectivity index (χ2v) is 14.5. The zero-order valence-corrected chi connectivity index (χ0v) is 33.0. The molecule has 1 amide bonds. The highest BCUT2D eigenvalue weighted by molar-refractivity contribution is 5.80. The summed E-state index contributed by atoms with van der Waals surface area (Å²) in [6.07, 6.45) is 51.4. The molecule has 4 N–H and O–H groups in total. The predicted molar refractivity (Wildman–Crippen MR) is 217 cm³/mol. The third-order valence-corrected chi connectivity index (χ3v) is 9.62. The molecule has 0 aromatic rings. The van der Waals surface area contributed by atoms with Gasteiger partial charge in [0.25, 0.3) is 0 Å². The molecule has 0 saturated carbocycles. The zero-order valence-electron chi connectivity index (χ0n) is 33.0. The van der Waals surface area contributed by atoms with Crippen LogP contribution in [-0.2, 0) is 4.79 Å². The van der Waals surface area contributed by atoms with E-state index in [0.29, 0.717) is 6.42 Å². The molecule has 0 aliphatic rings. The van der Waals surface area contributed by atoms with E-state index in [1.54, 1.807) is 6.08 Å². The molecule has 0 heterocycles. The normalized spacial score (nSPS) is 14.1. The highest BCUT2D eigenvalue weighted by atomic mass is 16.3. The highest BCUT2D eigenvalue weighted by Crippen LogP contribution is 2.14. The van der Waals surface area contributed by atoms with Crippen LogP contribution in [0.5, 0.6) is 0 Å². The summed E-state index contributed by atoms with van der Waals surface area (Å²) in [7, 11) is 0. The van der Waals surface area contributed by atoms with E-state index in [1.807, 2.05) is 6.08 Å². The molecule has 0 radical (unpaired) electrons. The average molecular weight is 702 g/mol. The Bertz CT molecular complexity index is 820. The van der Waals surface area contributed by atoms with Crippen molar-refractivity contribution >= 4 is 5.91 Å². The monoisotopic (exact) mass is 702 g/mol. The Morgan fingerprint density at radius 3 is 1.24 bits per heavy atom. The van der Waals surface area contributed by atoms with Gasteiger partial charge < -0.3 is 20.6 Å². The van der Waals surface area contributed by atoms with Gasteiger partial charge in [-0.05, 0) is 70.6 Å². The molecule has 0 spiro atoms. The van der Waals surface area contributed by atoms with Crippen LogP contribution in [0.3, 0.4) is 0 Å². The number of allylic oxidation sites excluding steroid dienone is 7. The van der Waals surface area contributed by atoms with Crippen LogP contribution >= 0.6 is 0 Å². The van der Waals surface area contributed by atoms with E-state index < -0.39 is 24.2 Å². The largest absolute Gasteiger partial charge is 0.394 e. The Labute approximate surface area is 310 Å². The molecular formula is C45H83NO4. The standard InChI is InChI=1S/C45H83NO4/c1-3-5-7-9-11-13-15-17-19-20-21-22-23-24-25-26-28-29-31-33-35-37-39-43(48)42(41-47)46-45(50)44(49)40-38-36-34-32-30-27-18-16-14-12-10-8-6-4-2/h14,16,24-25,29,31,37,39,42-44,47-49H,3-13,15,17-23,26-28,30,32-36,38,40-41H2,1-2H3,(H,46,50)/b16-14-,25-24+,31-29+,39-37+. The van der Waals surface area contributed by atoms with E-state index in [-0.39, 0.29) is 6.61 Å². The van der Waals surface area contributed by atoms with Crippen LogP contribution in [-0.4, -0.2) is 46.1 Å². The lowest BCUT2D eigenvalue weighted by Gasteiger charge is -2.21. The zero-order chi connectivity index (χ0) is 36.6. The Hall–Kier alpha value is -1.69. The lowest BCUT2D eigenvalue weighted by atomic mass is 10.0. The van der Waals surface area contributed by atoms with Crippen molar-refractivity contribution in [2.24, 2.45) is 0 Å². The van der Waals surface area contributed by atoms with Crippen LogP contribution < -0.4 is 5.32 Å². The Morgan fingerprint density at radius 1 is 0.480 bits per heavy atom. The molecule has 5 nitrogen and oxygen atoms in total. The first-order valence-corrected chi connectivity index (χ1v) is 21.5. The fourth-order valence-electron chi connectivity index (χ4n) is 6.21. The van der Waals surface area contributed by atoms with E-state index in [4.69, 9.17) is 0 Å². The molecule has 292 valence electrons. The summed E-state index contributed by atoms with van der Waals surface area (Å²) in [6, 6.07) is -0.823. The first-order chi connectivity index (χ1) is 24.6. The molecule has 5 heteroatoms. The molecule has 0 aliphatic heterocycles. The van der Waals surface area contributed by atoms with Gasteiger partial charge in [0.15, 0.2) is 0 Å². The fourth-order valence-corrected chi connectivity index (χ4v) is 6.21. The van der Waals surface area contributed by atoms with Gasteiger partial charge in [0.05, 0.1) is 18.8 Å². The molecular weight excluding hydrogens is 618 g/mol. The minimum Gasteiger partial charge on any atom is -0.394 e. The van der Waals surface area contributed by atoms with Crippen molar-refractivity contribution in [2.45, 2.75) is 225 Å². The van der Waals surface area contributed by atoms with Gasteiger partial charge in [0.2, 0.25) is 5.91 Å². The minimum absolute atomic E-state index is 0.384. The number of carbonyl (C=O) groups is 1. The summed E-state index contributed by atoms with van der Waals surface area (Å²) in [4.78, 5) is 12.4. The highest BCUT2D eigenvalue weighted by Gasteiger charge is 2.22. The van der Waals surface area contributed by atoms with Crippen molar-refractivity contribution in [3.63, 3.8) is 0 Å². The van der Waals surface area contributed by atoms with E-state index in [9.17, 15) is 20.1 Å². The van der Waals surface area contributed by atoms with Crippen LogP contribution in [0.4, 0.5) is 0 Å². The number of carbonyl (C=O) groups excluding carboxylic acids is 1. The summed E-state index contributed by atoms with van der Waals surface area (Å²) in [5.74, 6) is -0.524. The van der Waals surface area contributed by atoms with Crippen LogP contribution in [0, 0.1) is 0 Å². The maximum Gasteiger partial charge on any atom is 0.249 e. The number of unbranched alkanes of at least 4 members (excludes halogenated alkanes) is 24. The smallest absolute Gasteiger partial charge is 0.249 e. The summed E-state index contributed by atoms with van der Waals surface area (Å²) in [5.41, 5.74) is 0. The van der Waals surface area contributed by atoms with Crippen molar-refractivity contribution in [3.8, 4) is 0 Å². The van der Waals surface area contributed by atoms with Gasteiger partial charge in [-0.25, -0.2) is 0 Å². The third kappa shape index (κ3) is 34.7. The summed E-state index contributed by atoms with van der Waals surface area (Å²) >= 11 is 0. The molecule has 0 aromatic heterocycles. The van der Waals surface area contributed by atoms with Gasteiger partial charge in [-0.3, -0.25) is 4.79 Å². The van der Waals surface area contributed by atoms with Crippen LogP contribution in [0.25, 0.3) is 0 Å². The van der Waals surface area contributed by atoms with Crippen LogP contribution in [0.15, 0.2) is 48.6 Å². The summed E-state index contributed by atoms with van der Waals surface area (Å²) in [6.45, 7) is 4.14. The molecule has 0 aliphatic carbocycles. The van der Waals surface area contributed by atoms with E-state index in [2.05, 4.69) is 55.6 Å². The predicted octanol–water partition coefficient (Wildman–Crippen LogP) is 12.2. The second-order valence-electron chi connectivity index (χ2n) is 14.5. The number of aliphatic hydroxyl groups is 3. The number of rotatable bonds is 38. The fraction of sp³-hybridized carbons (Fsp3) is 0.800. The lowest BCUT2D eigenvalue weighted by Crippen LogP contribution is -2.48. The Morgan fingerprint density at radius 2 is 0.820 bits per heavy atom. The van der Waals surface area contributed by atoms with Crippen molar-refractivity contribution in [1.82, 2.24) is 5.32 Å². The maximum absolute atomic E-state index is 12.4. The lowest BCUT2D eigenvalue weighted by molar-refractivity contribution is -0.131. The van der Waals surface area contributed by atoms with Gasteiger partial charge in [-0.15, -0.1) is 0 Å². The van der Waals surface area contributed by atoms with Gasteiger partial charge in [-0.1, -0.05) is 184 Å². The van der Waals surface area contributed by atoms with Crippen LogP contribution in [0.2, 0.25) is 0 Å². The topological polar surface area (TPSA) is 89.8 Å². The third-order valence-electron chi connectivity index (χ3n) is 9.62. The molecule has 3 atom stereocenters. The maximum atomic E-state index is 12.4. The van der Waals surface area contributed by atoms with Crippen LogP contribution in [0.1, 0.15) is 206 Å². The van der Waals surface area contributed by atoms with Gasteiger partial charge in [0, 0.05) is 0 Å². The molecule has 0 aromatic carbocycles. The molecule has 3 unspecified atom stereocenters. The first-order valence-electron chi connectivity index (χ1n) is 21.5. The number of aliphatic hydroxyl groups excluding tert-OH is 3.